The molecule has 0 aliphatic heterocycles. The first-order valence-electron chi connectivity index (χ1n) is 19.9. The number of alkyl carbamates (subject to hydrolysis) is 2. The Balaban J connectivity index is 0.000000327. The van der Waals surface area contributed by atoms with E-state index in [1.54, 1.807) is 0 Å². The van der Waals surface area contributed by atoms with Crippen LogP contribution in [-0.4, -0.2) is 83.3 Å². The maximum atomic E-state index is 13.1. The standard InChI is InChI=1S/C28H30N4O5.C10H11NO4.C9H11NO2/c29-26(34)23(16-20-10-4-1-5-11-20)32-27(35)24(17-21-12-6-2-7-13-21)31-25(33)18-30-28(36)37-19-22-14-8-3-9-15-22;12-9(13)6-11-10(14)15-7-8-4-2-1-3-5-8;10-8(9(11)12)6-7-4-2-1-3-5-7/h1-15,23-24H,16-19H2,(H2,29,34)(H,30,36)(H,31,33)(H,32,35);1-5H,6-7H2,(H,11,14)(H,12,13);1-5,8H,6,10H2,(H,11,12)/t23-,24-;;8-/m0.0/s1. The van der Waals surface area contributed by atoms with Crippen molar-refractivity contribution in [2.75, 3.05) is 13.1 Å². The van der Waals surface area contributed by atoms with Crippen LogP contribution in [0, 0.1) is 0 Å². The van der Waals surface area contributed by atoms with Gasteiger partial charge in [0, 0.05) is 12.8 Å². The minimum absolute atomic E-state index is 0.0588. The van der Waals surface area contributed by atoms with Crippen molar-refractivity contribution in [2.24, 2.45) is 11.5 Å². The summed E-state index contributed by atoms with van der Waals surface area (Å²) in [6, 6.07) is 43.1. The number of amides is 5. The van der Waals surface area contributed by atoms with E-state index in [2.05, 4.69) is 21.3 Å². The van der Waals surface area contributed by atoms with Crippen LogP contribution in [0.1, 0.15) is 27.8 Å². The summed E-state index contributed by atoms with van der Waals surface area (Å²) in [5.41, 5.74) is 15.1. The minimum atomic E-state index is -1.10. The maximum Gasteiger partial charge on any atom is 0.407 e. The summed E-state index contributed by atoms with van der Waals surface area (Å²) in [6.45, 7) is -0.640. The predicted octanol–water partition coefficient (Wildman–Crippen LogP) is 3.49. The highest BCUT2D eigenvalue weighted by Gasteiger charge is 2.26. The fourth-order valence-corrected chi connectivity index (χ4v) is 5.45. The van der Waals surface area contributed by atoms with E-state index in [1.165, 1.54) is 0 Å². The minimum Gasteiger partial charge on any atom is -0.480 e. The molecule has 0 radical (unpaired) electrons. The molecule has 0 unspecified atom stereocenters. The van der Waals surface area contributed by atoms with E-state index >= 15 is 0 Å². The van der Waals surface area contributed by atoms with Crippen LogP contribution in [0.15, 0.2) is 152 Å². The highest BCUT2D eigenvalue weighted by molar-refractivity contribution is 5.92. The highest BCUT2D eigenvalue weighted by atomic mass is 16.6. The third kappa shape index (κ3) is 21.5. The molecule has 336 valence electrons. The van der Waals surface area contributed by atoms with Gasteiger partial charge in [-0.05, 0) is 34.2 Å². The van der Waals surface area contributed by atoms with Gasteiger partial charge >= 0.3 is 24.1 Å². The molecule has 5 aromatic carbocycles. The van der Waals surface area contributed by atoms with Gasteiger partial charge in [-0.15, -0.1) is 0 Å². The smallest absolute Gasteiger partial charge is 0.407 e. The molecule has 0 saturated heterocycles. The van der Waals surface area contributed by atoms with Crippen molar-refractivity contribution in [1.82, 2.24) is 21.3 Å². The summed E-state index contributed by atoms with van der Waals surface area (Å²) in [5.74, 6) is -3.91. The molecule has 0 heterocycles. The van der Waals surface area contributed by atoms with Crippen molar-refractivity contribution in [1.29, 1.82) is 0 Å². The number of aliphatic carboxylic acids is 2. The Morgan fingerprint density at radius 2 is 0.844 bits per heavy atom. The average molecular weight is 877 g/mol. The lowest BCUT2D eigenvalue weighted by Crippen LogP contribution is -2.55. The summed E-state index contributed by atoms with van der Waals surface area (Å²) >= 11 is 0. The second-order valence-corrected chi connectivity index (χ2v) is 13.8. The SMILES string of the molecule is NC(=O)[C@H](Cc1ccccc1)NC(=O)[C@H](Cc1ccccc1)NC(=O)CNC(=O)OCc1ccccc1.N[C@@H](Cc1ccccc1)C(=O)O.O=C(O)CNC(=O)OCc1ccccc1. The third-order valence-corrected chi connectivity index (χ3v) is 8.70. The van der Waals surface area contributed by atoms with E-state index < -0.39 is 73.1 Å². The molecule has 0 saturated carbocycles. The lowest BCUT2D eigenvalue weighted by atomic mass is 10.0. The lowest BCUT2D eigenvalue weighted by Gasteiger charge is -2.22. The van der Waals surface area contributed by atoms with E-state index in [4.69, 9.17) is 31.2 Å². The van der Waals surface area contributed by atoms with Gasteiger partial charge in [0.05, 0.1) is 0 Å². The van der Waals surface area contributed by atoms with Gasteiger partial charge in [0.2, 0.25) is 17.7 Å². The average Bonchev–Trinajstić information content (AvgIpc) is 3.30. The predicted molar refractivity (Wildman–Crippen MR) is 236 cm³/mol. The van der Waals surface area contributed by atoms with Crippen LogP contribution >= 0.6 is 0 Å². The summed E-state index contributed by atoms with van der Waals surface area (Å²) in [4.78, 5) is 81.2. The second kappa shape index (κ2) is 28.5. The summed E-state index contributed by atoms with van der Waals surface area (Å²) < 4.78 is 9.87. The Labute approximate surface area is 370 Å². The summed E-state index contributed by atoms with van der Waals surface area (Å²) in [6.07, 6.45) is -0.729. The van der Waals surface area contributed by atoms with Crippen molar-refractivity contribution in [3.8, 4) is 0 Å². The number of hydrogen-bond donors (Lipinski definition) is 8. The van der Waals surface area contributed by atoms with Gasteiger partial charge in [-0.25, -0.2) is 9.59 Å². The number of carboxylic acid groups (broad SMARTS) is 2. The van der Waals surface area contributed by atoms with Gasteiger partial charge in [0.15, 0.2) is 0 Å². The van der Waals surface area contributed by atoms with Crippen LogP contribution in [-0.2, 0) is 65.9 Å². The second-order valence-electron chi connectivity index (χ2n) is 13.8. The number of ether oxygens (including phenoxy) is 2. The molecule has 5 rings (SSSR count). The lowest BCUT2D eigenvalue weighted by molar-refractivity contribution is -0.138. The monoisotopic (exact) mass is 876 g/mol. The fraction of sp³-hybridized carbons (Fsp3) is 0.213. The molecule has 3 atom stereocenters. The van der Waals surface area contributed by atoms with E-state index in [1.807, 2.05) is 152 Å². The molecule has 64 heavy (non-hydrogen) atoms. The third-order valence-electron chi connectivity index (χ3n) is 8.70. The van der Waals surface area contributed by atoms with Gasteiger partial charge in [-0.3, -0.25) is 24.0 Å². The van der Waals surface area contributed by atoms with Gasteiger partial charge < -0.3 is 52.4 Å². The number of nitrogens with two attached hydrogens (primary N) is 2. The summed E-state index contributed by atoms with van der Waals surface area (Å²) in [5, 5.41) is 26.5. The highest BCUT2D eigenvalue weighted by Crippen LogP contribution is 2.08. The zero-order valence-electron chi connectivity index (χ0n) is 34.8. The maximum absolute atomic E-state index is 13.1. The molecule has 0 aliphatic rings. The Bertz CT molecular complexity index is 2200. The molecule has 0 aliphatic carbocycles. The Morgan fingerprint density at radius 3 is 1.22 bits per heavy atom. The number of hydrogen-bond acceptors (Lipinski definition) is 10. The molecule has 5 aromatic rings. The zero-order valence-corrected chi connectivity index (χ0v) is 34.8. The van der Waals surface area contributed by atoms with Gasteiger partial charge in [0.1, 0.15) is 44.4 Å². The Hall–Kier alpha value is -8.05. The van der Waals surface area contributed by atoms with Crippen LogP contribution in [0.3, 0.4) is 0 Å². The number of rotatable bonds is 19. The number of nitrogens with one attached hydrogen (secondary N) is 4. The Kier molecular flexibility index (Phi) is 22.4. The van der Waals surface area contributed by atoms with Crippen LogP contribution in [0.4, 0.5) is 9.59 Å². The van der Waals surface area contributed by atoms with E-state index in [-0.39, 0.29) is 26.1 Å². The molecular weight excluding hydrogens is 825 g/mol. The number of carboxylic acids is 2. The van der Waals surface area contributed by atoms with Crippen molar-refractivity contribution < 1.29 is 53.2 Å². The molecule has 0 bridgehead atoms. The Morgan fingerprint density at radius 1 is 0.484 bits per heavy atom. The zero-order chi connectivity index (χ0) is 46.5. The van der Waals surface area contributed by atoms with Gasteiger partial charge in [0.25, 0.3) is 0 Å². The van der Waals surface area contributed by atoms with E-state index in [0.717, 1.165) is 27.8 Å². The number of carbonyl (C=O) groups excluding carboxylic acids is 5. The van der Waals surface area contributed by atoms with Crippen LogP contribution in [0.25, 0.3) is 0 Å². The molecule has 17 nitrogen and oxygen atoms in total. The topological polar surface area (TPSA) is 279 Å². The number of primary amides is 1. The van der Waals surface area contributed by atoms with Crippen molar-refractivity contribution >= 4 is 41.8 Å². The first-order chi connectivity index (χ1) is 30.8. The van der Waals surface area contributed by atoms with E-state index in [0.29, 0.717) is 6.42 Å². The van der Waals surface area contributed by atoms with Crippen LogP contribution < -0.4 is 32.7 Å². The number of benzene rings is 5. The van der Waals surface area contributed by atoms with Crippen LogP contribution in [0.5, 0.6) is 0 Å². The first-order valence-corrected chi connectivity index (χ1v) is 19.9. The molecule has 0 fully saturated rings. The first kappa shape index (κ1) is 50.3. The molecule has 0 aromatic heterocycles. The molecule has 17 heteroatoms. The van der Waals surface area contributed by atoms with Gasteiger partial charge in [-0.2, -0.15) is 0 Å². The largest absolute Gasteiger partial charge is 0.480 e. The molecule has 0 spiro atoms. The quantitative estimate of drug-likeness (QED) is 0.0592. The van der Waals surface area contributed by atoms with Crippen molar-refractivity contribution in [3.05, 3.63) is 179 Å². The fourth-order valence-electron chi connectivity index (χ4n) is 5.45. The number of carbonyl (C=O) groups is 7. The molecule has 5 amide bonds. The van der Waals surface area contributed by atoms with Crippen molar-refractivity contribution in [2.45, 2.75) is 50.6 Å². The molecule has 10 N–H and O–H groups in total. The van der Waals surface area contributed by atoms with Crippen molar-refractivity contribution in [3.63, 3.8) is 0 Å². The summed E-state index contributed by atoms with van der Waals surface area (Å²) in [7, 11) is 0. The van der Waals surface area contributed by atoms with Crippen LogP contribution in [0.2, 0.25) is 0 Å². The van der Waals surface area contributed by atoms with E-state index in [9.17, 15) is 33.6 Å². The normalized spacial score (nSPS) is 11.5. The van der Waals surface area contributed by atoms with Gasteiger partial charge in [-0.1, -0.05) is 152 Å². The molecular formula is C47H52N6O11.